The maximum Gasteiger partial charge on any atom is 0.267 e. The molecule has 3 heteroatoms. The second-order valence-corrected chi connectivity index (χ2v) is 3.15. The van der Waals surface area contributed by atoms with E-state index in [2.05, 4.69) is 18.8 Å². The fourth-order valence-corrected chi connectivity index (χ4v) is 1.12. The summed E-state index contributed by atoms with van der Waals surface area (Å²) in [6.45, 7) is 4.22. The maximum atomic E-state index is 10.8. The van der Waals surface area contributed by atoms with Crippen molar-refractivity contribution < 1.29 is 4.79 Å². The van der Waals surface area contributed by atoms with Crippen LogP contribution in [0.15, 0.2) is 18.3 Å². The predicted molar refractivity (Wildman–Crippen MR) is 51.5 cm³/mol. The minimum absolute atomic E-state index is 0.345. The number of aromatic nitrogens is 1. The third-order valence-electron chi connectivity index (χ3n) is 2.22. The smallest absolute Gasteiger partial charge is 0.267 e. The highest BCUT2D eigenvalue weighted by molar-refractivity contribution is 5.90. The number of rotatable bonds is 3. The Hall–Kier alpha value is -1.38. The van der Waals surface area contributed by atoms with E-state index in [4.69, 9.17) is 5.73 Å². The second-order valence-electron chi connectivity index (χ2n) is 3.15. The van der Waals surface area contributed by atoms with Gasteiger partial charge in [0.25, 0.3) is 5.91 Å². The zero-order valence-corrected chi connectivity index (χ0v) is 7.95. The van der Waals surface area contributed by atoms with Gasteiger partial charge in [0.15, 0.2) is 0 Å². The van der Waals surface area contributed by atoms with Gasteiger partial charge in [0.2, 0.25) is 0 Å². The molecule has 1 aromatic rings. The van der Waals surface area contributed by atoms with Crippen LogP contribution in [0.2, 0.25) is 0 Å². The van der Waals surface area contributed by atoms with Gasteiger partial charge in [-0.3, -0.25) is 9.78 Å². The van der Waals surface area contributed by atoms with Crippen LogP contribution in [0.4, 0.5) is 0 Å². The highest BCUT2D eigenvalue weighted by atomic mass is 16.1. The van der Waals surface area contributed by atoms with Gasteiger partial charge < -0.3 is 5.73 Å². The van der Waals surface area contributed by atoms with Crippen LogP contribution in [-0.2, 0) is 0 Å². The zero-order chi connectivity index (χ0) is 9.84. The van der Waals surface area contributed by atoms with E-state index in [0.29, 0.717) is 11.6 Å². The van der Waals surface area contributed by atoms with E-state index >= 15 is 0 Å². The fourth-order valence-electron chi connectivity index (χ4n) is 1.12. The third-order valence-corrected chi connectivity index (χ3v) is 2.22. The molecule has 1 aromatic heterocycles. The van der Waals surface area contributed by atoms with Crippen molar-refractivity contribution >= 4 is 5.91 Å². The first-order valence-electron chi connectivity index (χ1n) is 4.41. The molecular formula is C10H14N2O. The summed E-state index contributed by atoms with van der Waals surface area (Å²) in [5.74, 6) is -0.0220. The van der Waals surface area contributed by atoms with Gasteiger partial charge >= 0.3 is 0 Å². The van der Waals surface area contributed by atoms with E-state index in [0.717, 1.165) is 12.0 Å². The number of carbonyl (C=O) groups is 1. The number of pyridine rings is 1. The lowest BCUT2D eigenvalue weighted by Crippen LogP contribution is -2.13. The molecule has 1 unspecified atom stereocenters. The summed E-state index contributed by atoms with van der Waals surface area (Å²) in [7, 11) is 0. The highest BCUT2D eigenvalue weighted by Gasteiger charge is 2.06. The van der Waals surface area contributed by atoms with E-state index in [9.17, 15) is 4.79 Å². The van der Waals surface area contributed by atoms with Gasteiger partial charge in [0.1, 0.15) is 5.69 Å². The van der Waals surface area contributed by atoms with Crippen LogP contribution < -0.4 is 5.73 Å². The molecule has 0 fully saturated rings. The quantitative estimate of drug-likeness (QED) is 0.765. The monoisotopic (exact) mass is 178 g/mol. The Labute approximate surface area is 78.0 Å². The van der Waals surface area contributed by atoms with Crippen LogP contribution in [0, 0.1) is 0 Å². The largest absolute Gasteiger partial charge is 0.364 e. The number of amides is 1. The first-order valence-corrected chi connectivity index (χ1v) is 4.41. The van der Waals surface area contributed by atoms with Crippen molar-refractivity contribution in [2.45, 2.75) is 26.2 Å². The first kappa shape index (κ1) is 9.71. The molecule has 70 valence electrons. The number of carbonyl (C=O) groups excluding carboxylic acids is 1. The van der Waals surface area contributed by atoms with Gasteiger partial charge in [-0.15, -0.1) is 0 Å². The normalized spacial score (nSPS) is 12.5. The number of nitrogens with zero attached hydrogens (tertiary/aromatic N) is 1. The fraction of sp³-hybridized carbons (Fsp3) is 0.400. The average Bonchev–Trinajstić information content (AvgIpc) is 2.17. The molecule has 0 aliphatic rings. The third kappa shape index (κ3) is 2.28. The summed E-state index contributed by atoms with van der Waals surface area (Å²) in [5.41, 5.74) is 6.58. The van der Waals surface area contributed by atoms with E-state index in [1.807, 2.05) is 6.07 Å². The molecule has 0 spiro atoms. The van der Waals surface area contributed by atoms with Gasteiger partial charge in [0.05, 0.1) is 0 Å². The van der Waals surface area contributed by atoms with Crippen molar-refractivity contribution in [1.82, 2.24) is 4.98 Å². The summed E-state index contributed by atoms with van der Waals surface area (Å²) in [4.78, 5) is 14.7. The Bertz CT molecular complexity index is 310. The first-order chi connectivity index (χ1) is 6.15. The Morgan fingerprint density at radius 2 is 2.38 bits per heavy atom. The van der Waals surface area contributed by atoms with Crippen molar-refractivity contribution in [3.8, 4) is 0 Å². The van der Waals surface area contributed by atoms with E-state index in [1.165, 1.54) is 0 Å². The second kappa shape index (κ2) is 4.03. The molecular weight excluding hydrogens is 164 g/mol. The minimum Gasteiger partial charge on any atom is -0.364 e. The van der Waals surface area contributed by atoms with Gasteiger partial charge in [-0.2, -0.15) is 0 Å². The lowest BCUT2D eigenvalue weighted by atomic mass is 9.99. The molecule has 0 aromatic carbocycles. The van der Waals surface area contributed by atoms with Crippen molar-refractivity contribution in [1.29, 1.82) is 0 Å². The SMILES string of the molecule is CCC(C)c1ccnc(C(N)=O)c1. The Kier molecular flexibility index (Phi) is 3.01. The van der Waals surface area contributed by atoms with Crippen molar-refractivity contribution in [3.05, 3.63) is 29.6 Å². The molecule has 13 heavy (non-hydrogen) atoms. The van der Waals surface area contributed by atoms with Crippen LogP contribution in [0.3, 0.4) is 0 Å². The number of nitrogens with two attached hydrogens (primary N) is 1. The Morgan fingerprint density at radius 1 is 1.69 bits per heavy atom. The summed E-state index contributed by atoms with van der Waals surface area (Å²) >= 11 is 0. The van der Waals surface area contributed by atoms with E-state index < -0.39 is 5.91 Å². The molecule has 1 atom stereocenters. The van der Waals surface area contributed by atoms with Crippen LogP contribution in [0.5, 0.6) is 0 Å². The van der Waals surface area contributed by atoms with Crippen LogP contribution in [-0.4, -0.2) is 10.9 Å². The molecule has 2 N–H and O–H groups in total. The van der Waals surface area contributed by atoms with Gasteiger partial charge in [-0.1, -0.05) is 13.8 Å². The predicted octanol–water partition coefficient (Wildman–Crippen LogP) is 1.69. The molecule has 0 aliphatic carbocycles. The maximum absolute atomic E-state index is 10.8. The van der Waals surface area contributed by atoms with Gasteiger partial charge in [-0.25, -0.2) is 0 Å². The molecule has 0 radical (unpaired) electrons. The summed E-state index contributed by atoms with van der Waals surface area (Å²) < 4.78 is 0. The molecule has 1 amide bonds. The Balaban J connectivity index is 2.98. The van der Waals surface area contributed by atoms with Crippen LogP contribution in [0.1, 0.15) is 42.2 Å². The number of primary amides is 1. The molecule has 0 aliphatic heterocycles. The van der Waals surface area contributed by atoms with Gasteiger partial charge in [-0.05, 0) is 30.0 Å². The molecule has 0 saturated carbocycles. The van der Waals surface area contributed by atoms with Crippen LogP contribution in [0.25, 0.3) is 0 Å². The summed E-state index contributed by atoms with van der Waals surface area (Å²) in [5, 5.41) is 0. The molecule has 1 heterocycles. The lowest BCUT2D eigenvalue weighted by Gasteiger charge is -2.08. The lowest BCUT2D eigenvalue weighted by molar-refractivity contribution is 0.0995. The van der Waals surface area contributed by atoms with Gasteiger partial charge in [0, 0.05) is 6.20 Å². The topological polar surface area (TPSA) is 56.0 Å². The summed E-state index contributed by atoms with van der Waals surface area (Å²) in [6.07, 6.45) is 2.67. The average molecular weight is 178 g/mol. The molecule has 1 rings (SSSR count). The minimum atomic E-state index is -0.467. The zero-order valence-electron chi connectivity index (χ0n) is 7.95. The number of hydrogen-bond donors (Lipinski definition) is 1. The number of hydrogen-bond acceptors (Lipinski definition) is 2. The summed E-state index contributed by atoms with van der Waals surface area (Å²) in [6, 6.07) is 3.68. The van der Waals surface area contributed by atoms with Crippen LogP contribution >= 0.6 is 0 Å². The molecule has 3 nitrogen and oxygen atoms in total. The van der Waals surface area contributed by atoms with E-state index in [1.54, 1.807) is 12.3 Å². The standard InChI is InChI=1S/C10H14N2O/c1-3-7(2)8-4-5-12-9(6-8)10(11)13/h4-7H,3H2,1-2H3,(H2,11,13). The van der Waals surface area contributed by atoms with E-state index in [-0.39, 0.29) is 0 Å². The van der Waals surface area contributed by atoms with Crippen molar-refractivity contribution in [3.63, 3.8) is 0 Å². The Morgan fingerprint density at radius 3 is 2.92 bits per heavy atom. The molecule has 0 saturated heterocycles. The van der Waals surface area contributed by atoms with Crippen molar-refractivity contribution in [2.24, 2.45) is 5.73 Å². The molecule has 0 bridgehead atoms. The van der Waals surface area contributed by atoms with Crippen molar-refractivity contribution in [2.75, 3.05) is 0 Å². The highest BCUT2D eigenvalue weighted by Crippen LogP contribution is 2.17.